The molecule has 0 aliphatic rings. The van der Waals surface area contributed by atoms with Crippen molar-refractivity contribution >= 4 is 64.6 Å². The Kier molecular flexibility index (Phi) is 7.96. The van der Waals surface area contributed by atoms with Crippen LogP contribution < -0.4 is 0 Å². The first-order valence-electron chi connectivity index (χ1n) is 20.8. The SMILES string of the molecule is c1ccc(-c2cc3ccccc3c3cc4c(-c5ccc(-c6cccc7ccccc67)cc5)c5ccccc5c(-c5ccc(-c6cccc7ccccc67)cc5)c4cc23)cc1. The summed E-state index contributed by atoms with van der Waals surface area (Å²) in [6.07, 6.45) is 0. The minimum Gasteiger partial charge on any atom is -0.0622 e. The van der Waals surface area contributed by atoms with Gasteiger partial charge < -0.3 is 0 Å². The lowest BCUT2D eigenvalue weighted by Crippen LogP contribution is -1.93. The van der Waals surface area contributed by atoms with Crippen LogP contribution in [0.15, 0.2) is 231 Å². The monoisotopic (exact) mass is 758 g/mol. The zero-order chi connectivity index (χ0) is 39.6. The van der Waals surface area contributed by atoms with Crippen molar-refractivity contribution in [1.82, 2.24) is 0 Å². The van der Waals surface area contributed by atoms with E-state index in [1.807, 2.05) is 0 Å². The van der Waals surface area contributed by atoms with Gasteiger partial charge in [-0.25, -0.2) is 0 Å². The molecule has 0 saturated carbocycles. The van der Waals surface area contributed by atoms with Crippen LogP contribution in [0.2, 0.25) is 0 Å². The quantitative estimate of drug-likeness (QED) is 0.121. The molecule has 0 aliphatic carbocycles. The minimum absolute atomic E-state index is 1.21. The van der Waals surface area contributed by atoms with Crippen LogP contribution in [0.1, 0.15) is 0 Å². The van der Waals surface area contributed by atoms with Crippen molar-refractivity contribution in [2.45, 2.75) is 0 Å². The molecule has 12 aromatic rings. The molecule has 0 amide bonds. The maximum absolute atomic E-state index is 2.49. The van der Waals surface area contributed by atoms with Crippen molar-refractivity contribution in [2.24, 2.45) is 0 Å². The molecule has 60 heavy (non-hydrogen) atoms. The molecule has 0 atom stereocenters. The first kappa shape index (κ1) is 34.3. The Balaban J connectivity index is 1.15. The Labute approximate surface area is 349 Å². The van der Waals surface area contributed by atoms with Crippen LogP contribution in [0, 0.1) is 0 Å². The highest BCUT2D eigenvalue weighted by Crippen LogP contribution is 2.48. The molecule has 0 radical (unpaired) electrons. The van der Waals surface area contributed by atoms with Crippen molar-refractivity contribution in [3.8, 4) is 55.6 Å². The fraction of sp³-hybridized carbons (Fsp3) is 0. The summed E-state index contributed by atoms with van der Waals surface area (Å²) < 4.78 is 0. The summed E-state index contributed by atoms with van der Waals surface area (Å²) in [6.45, 7) is 0. The lowest BCUT2D eigenvalue weighted by molar-refractivity contribution is 1.63. The van der Waals surface area contributed by atoms with Crippen molar-refractivity contribution < 1.29 is 0 Å². The largest absolute Gasteiger partial charge is 0.0622 e. The van der Waals surface area contributed by atoms with E-state index in [1.54, 1.807) is 0 Å². The first-order chi connectivity index (χ1) is 29.8. The third-order valence-electron chi connectivity index (χ3n) is 12.6. The van der Waals surface area contributed by atoms with Crippen molar-refractivity contribution in [3.05, 3.63) is 231 Å². The Morgan fingerprint density at radius 1 is 0.167 bits per heavy atom. The summed E-state index contributed by atoms with van der Waals surface area (Å²) in [5, 5.41) is 15.1. The highest BCUT2D eigenvalue weighted by atomic mass is 14.2. The second-order valence-corrected chi connectivity index (χ2v) is 16.0. The normalized spacial score (nSPS) is 11.7. The maximum atomic E-state index is 2.49. The molecule has 0 fully saturated rings. The van der Waals surface area contributed by atoms with Crippen LogP contribution in [0.5, 0.6) is 0 Å². The van der Waals surface area contributed by atoms with Gasteiger partial charge in [0.2, 0.25) is 0 Å². The fourth-order valence-electron chi connectivity index (χ4n) is 9.84. The zero-order valence-corrected chi connectivity index (χ0v) is 32.9. The summed E-state index contributed by atoms with van der Waals surface area (Å²) in [7, 11) is 0. The molecule has 12 rings (SSSR count). The molecule has 278 valence electrons. The molecule has 0 unspecified atom stereocenters. The van der Waals surface area contributed by atoms with Crippen LogP contribution in [0.3, 0.4) is 0 Å². The molecule has 0 bridgehead atoms. The first-order valence-corrected chi connectivity index (χ1v) is 20.8. The topological polar surface area (TPSA) is 0 Å². The van der Waals surface area contributed by atoms with Crippen molar-refractivity contribution in [1.29, 1.82) is 0 Å². The van der Waals surface area contributed by atoms with Crippen molar-refractivity contribution in [2.75, 3.05) is 0 Å². The molecule has 12 aromatic carbocycles. The van der Waals surface area contributed by atoms with Gasteiger partial charge >= 0.3 is 0 Å². The van der Waals surface area contributed by atoms with Gasteiger partial charge in [0.1, 0.15) is 0 Å². The van der Waals surface area contributed by atoms with E-state index in [2.05, 4.69) is 231 Å². The van der Waals surface area contributed by atoms with Gasteiger partial charge in [-0.05, 0) is 138 Å². The molecule has 0 spiro atoms. The molecule has 0 saturated heterocycles. The van der Waals surface area contributed by atoms with E-state index < -0.39 is 0 Å². The van der Waals surface area contributed by atoms with Gasteiger partial charge in [-0.1, -0.05) is 212 Å². The smallest absolute Gasteiger partial charge is 0.00261 e. The van der Waals surface area contributed by atoms with Gasteiger partial charge in [-0.3, -0.25) is 0 Å². The highest BCUT2D eigenvalue weighted by Gasteiger charge is 2.20. The summed E-state index contributed by atoms with van der Waals surface area (Å²) in [4.78, 5) is 0. The number of benzene rings is 12. The number of rotatable bonds is 5. The second-order valence-electron chi connectivity index (χ2n) is 16.0. The summed E-state index contributed by atoms with van der Waals surface area (Å²) in [6, 6.07) is 85.2. The number of hydrogen-bond donors (Lipinski definition) is 0. The fourth-order valence-corrected chi connectivity index (χ4v) is 9.84. The van der Waals surface area contributed by atoms with E-state index in [4.69, 9.17) is 0 Å². The van der Waals surface area contributed by atoms with E-state index in [0.29, 0.717) is 0 Å². The van der Waals surface area contributed by atoms with E-state index in [1.165, 1.54) is 120 Å². The van der Waals surface area contributed by atoms with Crippen LogP contribution in [0.25, 0.3) is 120 Å². The van der Waals surface area contributed by atoms with E-state index in [9.17, 15) is 0 Å². The Hall–Kier alpha value is -7.80. The lowest BCUT2D eigenvalue weighted by atomic mass is 9.83. The summed E-state index contributed by atoms with van der Waals surface area (Å²) in [5.41, 5.74) is 12.3. The third kappa shape index (κ3) is 5.53. The van der Waals surface area contributed by atoms with Crippen LogP contribution in [-0.2, 0) is 0 Å². The third-order valence-corrected chi connectivity index (χ3v) is 12.6. The van der Waals surface area contributed by atoms with Crippen LogP contribution in [0.4, 0.5) is 0 Å². The van der Waals surface area contributed by atoms with Gasteiger partial charge in [0, 0.05) is 0 Å². The van der Waals surface area contributed by atoms with E-state index in [-0.39, 0.29) is 0 Å². The van der Waals surface area contributed by atoms with Crippen molar-refractivity contribution in [3.63, 3.8) is 0 Å². The predicted molar refractivity (Wildman–Crippen MR) is 259 cm³/mol. The van der Waals surface area contributed by atoms with Gasteiger partial charge in [-0.2, -0.15) is 0 Å². The average Bonchev–Trinajstić information content (AvgIpc) is 3.32. The lowest BCUT2D eigenvalue weighted by Gasteiger charge is -2.20. The van der Waals surface area contributed by atoms with Gasteiger partial charge in [0.05, 0.1) is 0 Å². The van der Waals surface area contributed by atoms with Gasteiger partial charge in [-0.15, -0.1) is 0 Å². The second kappa shape index (κ2) is 13.9. The van der Waals surface area contributed by atoms with E-state index in [0.717, 1.165) is 0 Å². The molecule has 0 heteroatoms. The van der Waals surface area contributed by atoms with Gasteiger partial charge in [0.15, 0.2) is 0 Å². The zero-order valence-electron chi connectivity index (χ0n) is 32.9. The standard InChI is InChI=1S/C60H38/c1-2-14-41(15-3-1)54-36-46-18-6-9-23-51(46)55-37-57-58(38-56(54)55)60(45-34-30-43(31-35-45)50-27-13-20-40-17-5-8-22-48(40)50)53-25-11-10-24-52(53)59(57)44-32-28-42(29-33-44)49-26-12-19-39-16-4-7-21-47(39)49/h1-38H. The molecule has 0 aromatic heterocycles. The molecule has 0 heterocycles. The molecular formula is C60H38. The highest BCUT2D eigenvalue weighted by molar-refractivity contribution is 6.27. The Morgan fingerprint density at radius 3 is 1.08 bits per heavy atom. The maximum Gasteiger partial charge on any atom is -0.00261 e. The molecule has 0 N–H and O–H groups in total. The van der Waals surface area contributed by atoms with Gasteiger partial charge in [0.25, 0.3) is 0 Å². The van der Waals surface area contributed by atoms with Crippen LogP contribution in [-0.4, -0.2) is 0 Å². The summed E-state index contributed by atoms with van der Waals surface area (Å²) in [5.74, 6) is 0. The summed E-state index contributed by atoms with van der Waals surface area (Å²) >= 11 is 0. The molecule has 0 aliphatic heterocycles. The molecule has 0 nitrogen and oxygen atoms in total. The number of fused-ring (bicyclic) bond motifs is 7. The van der Waals surface area contributed by atoms with Crippen LogP contribution >= 0.6 is 0 Å². The van der Waals surface area contributed by atoms with E-state index >= 15 is 0 Å². The molecular weight excluding hydrogens is 721 g/mol. The Morgan fingerprint density at radius 2 is 0.550 bits per heavy atom. The number of hydrogen-bond acceptors (Lipinski definition) is 0. The predicted octanol–water partition coefficient (Wildman–Crippen LogP) is 16.9. The minimum atomic E-state index is 1.21. The Bertz CT molecular complexity index is 3600. The average molecular weight is 759 g/mol.